The standard InChI is InChI=1S/C21H22N4O/c1-14-5-4-6-17(9-14)12-22-20-11-19(23-13-24-20)21(26)25-18-10-15(2)7-8-16(18)3/h4-11,13H,12H2,1-3H3,(H,25,26)(H,22,23,24). The van der Waals surface area contributed by atoms with Crippen LogP contribution in [0.2, 0.25) is 0 Å². The van der Waals surface area contributed by atoms with E-state index in [1.807, 2.05) is 38.1 Å². The van der Waals surface area contributed by atoms with E-state index in [-0.39, 0.29) is 5.91 Å². The Morgan fingerprint density at radius 2 is 1.77 bits per heavy atom. The first-order chi connectivity index (χ1) is 12.5. The summed E-state index contributed by atoms with van der Waals surface area (Å²) < 4.78 is 0. The lowest BCUT2D eigenvalue weighted by atomic mass is 10.1. The average Bonchev–Trinajstić information content (AvgIpc) is 2.63. The highest BCUT2D eigenvalue weighted by Gasteiger charge is 2.11. The van der Waals surface area contributed by atoms with Gasteiger partial charge in [0.15, 0.2) is 0 Å². The quantitative estimate of drug-likeness (QED) is 0.724. The third kappa shape index (κ3) is 4.45. The number of anilines is 2. The molecular formula is C21H22N4O. The van der Waals surface area contributed by atoms with Crippen molar-refractivity contribution in [1.82, 2.24) is 9.97 Å². The molecule has 2 N–H and O–H groups in total. The molecule has 3 aromatic rings. The molecule has 2 aromatic carbocycles. The average molecular weight is 346 g/mol. The first kappa shape index (κ1) is 17.6. The maximum Gasteiger partial charge on any atom is 0.274 e. The molecule has 0 spiro atoms. The van der Waals surface area contributed by atoms with Crippen LogP contribution in [0.25, 0.3) is 0 Å². The fraction of sp³-hybridized carbons (Fsp3) is 0.190. The van der Waals surface area contributed by atoms with Crippen LogP contribution in [0.15, 0.2) is 54.9 Å². The summed E-state index contributed by atoms with van der Waals surface area (Å²) in [4.78, 5) is 20.8. The highest BCUT2D eigenvalue weighted by molar-refractivity contribution is 6.03. The number of aromatic nitrogens is 2. The van der Waals surface area contributed by atoms with Gasteiger partial charge in [-0.15, -0.1) is 0 Å². The predicted octanol–water partition coefficient (Wildman–Crippen LogP) is 4.27. The molecular weight excluding hydrogens is 324 g/mol. The van der Waals surface area contributed by atoms with Crippen molar-refractivity contribution < 1.29 is 4.79 Å². The van der Waals surface area contributed by atoms with E-state index in [1.54, 1.807) is 6.07 Å². The van der Waals surface area contributed by atoms with Crippen molar-refractivity contribution in [3.05, 3.63) is 82.8 Å². The van der Waals surface area contributed by atoms with Crippen molar-refractivity contribution in [1.29, 1.82) is 0 Å². The third-order valence-electron chi connectivity index (χ3n) is 4.10. The molecule has 132 valence electrons. The normalized spacial score (nSPS) is 10.4. The lowest BCUT2D eigenvalue weighted by molar-refractivity contribution is 0.102. The summed E-state index contributed by atoms with van der Waals surface area (Å²) >= 11 is 0. The summed E-state index contributed by atoms with van der Waals surface area (Å²) in [6.45, 7) is 6.65. The summed E-state index contributed by atoms with van der Waals surface area (Å²) in [5.74, 6) is 0.368. The van der Waals surface area contributed by atoms with E-state index in [0.717, 1.165) is 22.4 Å². The Bertz CT molecular complexity index is 937. The Balaban J connectivity index is 1.70. The van der Waals surface area contributed by atoms with Crippen LogP contribution in [0.1, 0.15) is 32.7 Å². The van der Waals surface area contributed by atoms with Gasteiger partial charge >= 0.3 is 0 Å². The highest BCUT2D eigenvalue weighted by atomic mass is 16.1. The van der Waals surface area contributed by atoms with Crippen LogP contribution in [0.4, 0.5) is 11.5 Å². The van der Waals surface area contributed by atoms with Crippen LogP contribution < -0.4 is 10.6 Å². The number of carbonyl (C=O) groups is 1. The van der Waals surface area contributed by atoms with Crippen molar-refractivity contribution in [2.45, 2.75) is 27.3 Å². The molecule has 0 aliphatic heterocycles. The third-order valence-corrected chi connectivity index (χ3v) is 4.10. The summed E-state index contributed by atoms with van der Waals surface area (Å²) in [5, 5.41) is 6.16. The molecule has 1 heterocycles. The van der Waals surface area contributed by atoms with E-state index in [4.69, 9.17) is 0 Å². The van der Waals surface area contributed by atoms with Gasteiger partial charge in [0, 0.05) is 18.3 Å². The lowest BCUT2D eigenvalue weighted by Crippen LogP contribution is -2.15. The van der Waals surface area contributed by atoms with Gasteiger partial charge in [0.25, 0.3) is 5.91 Å². The zero-order chi connectivity index (χ0) is 18.5. The van der Waals surface area contributed by atoms with E-state index < -0.39 is 0 Å². The molecule has 1 aromatic heterocycles. The topological polar surface area (TPSA) is 66.9 Å². The fourth-order valence-electron chi connectivity index (χ4n) is 2.65. The van der Waals surface area contributed by atoms with Crippen LogP contribution in [-0.4, -0.2) is 15.9 Å². The van der Waals surface area contributed by atoms with E-state index >= 15 is 0 Å². The molecule has 0 bridgehead atoms. The summed E-state index contributed by atoms with van der Waals surface area (Å²) in [6, 6.07) is 15.9. The number of benzene rings is 2. The van der Waals surface area contributed by atoms with Crippen LogP contribution in [-0.2, 0) is 6.54 Å². The molecule has 1 amide bonds. The van der Waals surface area contributed by atoms with Crippen LogP contribution in [0, 0.1) is 20.8 Å². The van der Waals surface area contributed by atoms with Gasteiger partial charge in [-0.2, -0.15) is 0 Å². The summed E-state index contributed by atoms with van der Waals surface area (Å²) in [7, 11) is 0. The Kier molecular flexibility index (Phi) is 5.27. The number of hydrogen-bond donors (Lipinski definition) is 2. The van der Waals surface area contributed by atoms with Crippen molar-refractivity contribution in [3.8, 4) is 0 Å². The van der Waals surface area contributed by atoms with Gasteiger partial charge in [0.2, 0.25) is 0 Å². The van der Waals surface area contributed by atoms with Crippen molar-refractivity contribution >= 4 is 17.4 Å². The molecule has 0 radical (unpaired) electrons. The molecule has 3 rings (SSSR count). The van der Waals surface area contributed by atoms with E-state index in [9.17, 15) is 4.79 Å². The molecule has 0 saturated heterocycles. The van der Waals surface area contributed by atoms with Crippen LogP contribution >= 0.6 is 0 Å². The monoisotopic (exact) mass is 346 g/mol. The molecule has 5 nitrogen and oxygen atoms in total. The first-order valence-corrected chi connectivity index (χ1v) is 8.51. The SMILES string of the molecule is Cc1cccc(CNc2cc(C(=O)Nc3cc(C)ccc3C)ncn2)c1. The Morgan fingerprint density at radius 1 is 0.962 bits per heavy atom. The first-order valence-electron chi connectivity index (χ1n) is 8.51. The molecule has 5 heteroatoms. The minimum Gasteiger partial charge on any atom is -0.366 e. The van der Waals surface area contributed by atoms with Gasteiger partial charge in [-0.05, 0) is 43.5 Å². The minimum absolute atomic E-state index is 0.250. The van der Waals surface area contributed by atoms with Crippen molar-refractivity contribution in [2.75, 3.05) is 10.6 Å². The van der Waals surface area contributed by atoms with Crippen molar-refractivity contribution in [2.24, 2.45) is 0 Å². The molecule has 0 aliphatic carbocycles. The summed E-state index contributed by atoms with van der Waals surface area (Å²) in [5.41, 5.74) is 5.59. The van der Waals surface area contributed by atoms with E-state index in [2.05, 4.69) is 45.7 Å². The van der Waals surface area contributed by atoms with Gasteiger partial charge in [0.1, 0.15) is 17.8 Å². The fourth-order valence-corrected chi connectivity index (χ4v) is 2.65. The number of carbonyl (C=O) groups excluding carboxylic acids is 1. The molecule has 0 saturated carbocycles. The zero-order valence-corrected chi connectivity index (χ0v) is 15.2. The van der Waals surface area contributed by atoms with Gasteiger partial charge in [0.05, 0.1) is 0 Å². The van der Waals surface area contributed by atoms with Crippen LogP contribution in [0.5, 0.6) is 0 Å². The second kappa shape index (κ2) is 7.78. The Hall–Kier alpha value is -3.21. The number of nitrogens with zero attached hydrogens (tertiary/aromatic N) is 2. The van der Waals surface area contributed by atoms with E-state index in [1.165, 1.54) is 11.9 Å². The predicted molar refractivity (Wildman–Crippen MR) is 104 cm³/mol. The second-order valence-corrected chi connectivity index (χ2v) is 6.40. The van der Waals surface area contributed by atoms with Gasteiger partial charge in [-0.25, -0.2) is 9.97 Å². The Morgan fingerprint density at radius 3 is 2.58 bits per heavy atom. The summed E-state index contributed by atoms with van der Waals surface area (Å²) in [6.07, 6.45) is 1.40. The number of hydrogen-bond acceptors (Lipinski definition) is 4. The number of aryl methyl sites for hydroxylation is 3. The molecule has 26 heavy (non-hydrogen) atoms. The smallest absolute Gasteiger partial charge is 0.274 e. The van der Waals surface area contributed by atoms with Gasteiger partial charge in [-0.3, -0.25) is 4.79 Å². The maximum atomic E-state index is 12.5. The van der Waals surface area contributed by atoms with Crippen LogP contribution in [0.3, 0.4) is 0 Å². The molecule has 0 fully saturated rings. The largest absolute Gasteiger partial charge is 0.366 e. The molecule has 0 aliphatic rings. The van der Waals surface area contributed by atoms with Gasteiger partial charge < -0.3 is 10.6 Å². The van der Waals surface area contributed by atoms with Crippen molar-refractivity contribution in [3.63, 3.8) is 0 Å². The number of amides is 1. The zero-order valence-electron chi connectivity index (χ0n) is 15.2. The lowest BCUT2D eigenvalue weighted by Gasteiger charge is -2.10. The minimum atomic E-state index is -0.250. The Labute approximate surface area is 153 Å². The molecule has 0 unspecified atom stereocenters. The number of rotatable bonds is 5. The van der Waals surface area contributed by atoms with Gasteiger partial charge in [-0.1, -0.05) is 42.0 Å². The van der Waals surface area contributed by atoms with E-state index in [0.29, 0.717) is 18.1 Å². The highest BCUT2D eigenvalue weighted by Crippen LogP contribution is 2.17. The number of nitrogens with one attached hydrogen (secondary N) is 2. The molecule has 0 atom stereocenters. The maximum absolute atomic E-state index is 12.5. The second-order valence-electron chi connectivity index (χ2n) is 6.40.